The fourth-order valence-electron chi connectivity index (χ4n) is 2.85. The van der Waals surface area contributed by atoms with Crippen LogP contribution in [0.5, 0.6) is 11.5 Å². The van der Waals surface area contributed by atoms with E-state index in [1.165, 1.54) is 30.5 Å². The van der Waals surface area contributed by atoms with Crippen LogP contribution in [-0.4, -0.2) is 23.4 Å². The van der Waals surface area contributed by atoms with Crippen molar-refractivity contribution in [1.82, 2.24) is 4.98 Å². The van der Waals surface area contributed by atoms with Crippen LogP contribution in [0.4, 0.5) is 10.1 Å². The molecule has 0 bridgehead atoms. The predicted molar refractivity (Wildman–Crippen MR) is 119 cm³/mol. The maximum atomic E-state index is 13.1. The zero-order valence-electron chi connectivity index (χ0n) is 16.5. The van der Waals surface area contributed by atoms with Crippen molar-refractivity contribution in [2.45, 2.75) is 4.90 Å². The van der Waals surface area contributed by atoms with Crippen molar-refractivity contribution in [2.24, 2.45) is 0 Å². The molecule has 3 aromatic carbocycles. The van der Waals surface area contributed by atoms with E-state index in [0.29, 0.717) is 21.9 Å². The third-order valence-electron chi connectivity index (χ3n) is 4.48. The number of thiazole rings is 1. The van der Waals surface area contributed by atoms with Crippen LogP contribution in [0.2, 0.25) is 0 Å². The Labute approximate surface area is 191 Å². The monoisotopic (exact) mass is 484 g/mol. The quantitative estimate of drug-likeness (QED) is 0.270. The lowest BCUT2D eigenvalue weighted by Gasteiger charge is -2.09. The van der Waals surface area contributed by atoms with E-state index in [1.54, 1.807) is 24.3 Å². The van der Waals surface area contributed by atoms with Crippen molar-refractivity contribution >= 4 is 32.0 Å². The summed E-state index contributed by atoms with van der Waals surface area (Å²) in [7, 11) is -4.45. The van der Waals surface area contributed by atoms with Gasteiger partial charge in [-0.3, -0.25) is 14.9 Å². The molecule has 0 saturated carbocycles. The molecule has 0 aliphatic carbocycles. The van der Waals surface area contributed by atoms with Crippen LogP contribution in [-0.2, 0) is 9.84 Å². The molecule has 4 rings (SSSR count). The molecule has 0 unspecified atom stereocenters. The number of nitro groups is 1. The average molecular weight is 484 g/mol. The molecule has 0 fully saturated rings. The summed E-state index contributed by atoms with van der Waals surface area (Å²) in [5, 5.41) is 9.28. The van der Waals surface area contributed by atoms with E-state index < -0.39 is 25.7 Å². The Morgan fingerprint density at radius 1 is 1.00 bits per heavy atom. The van der Waals surface area contributed by atoms with Crippen LogP contribution in [0, 0.1) is 15.9 Å². The maximum absolute atomic E-state index is 13.1. The Balaban J connectivity index is 1.62. The topological polar surface area (TPSA) is 116 Å². The lowest BCUT2D eigenvalue weighted by Crippen LogP contribution is -2.15. The molecule has 0 amide bonds. The van der Waals surface area contributed by atoms with Gasteiger partial charge in [0.1, 0.15) is 17.3 Å². The van der Waals surface area contributed by atoms with Gasteiger partial charge in [-0.1, -0.05) is 12.1 Å². The lowest BCUT2D eigenvalue weighted by atomic mass is 10.2. The van der Waals surface area contributed by atoms with Gasteiger partial charge in [0.15, 0.2) is 5.01 Å². The maximum Gasteiger partial charge on any atom is 0.309 e. The number of ether oxygens (including phenoxy) is 1. The molecule has 1 aromatic heterocycles. The number of carbonyl (C=O) groups excluding carboxylic acids is 1. The first kappa shape index (κ1) is 22.2. The number of rotatable bonds is 6. The molecule has 0 atom stereocenters. The van der Waals surface area contributed by atoms with Crippen LogP contribution in [0.25, 0.3) is 10.4 Å². The Kier molecular flexibility index (Phi) is 5.99. The summed E-state index contributed by atoms with van der Waals surface area (Å²) in [6.45, 7) is 0. The molecule has 0 spiro atoms. The molecule has 0 saturated heterocycles. The minimum Gasteiger partial charge on any atom is -0.457 e. The van der Waals surface area contributed by atoms with Crippen molar-refractivity contribution in [1.29, 1.82) is 0 Å². The molecule has 0 radical (unpaired) electrons. The van der Waals surface area contributed by atoms with Crippen LogP contribution in [0.3, 0.4) is 0 Å². The number of hydrogen-bond donors (Lipinski definition) is 0. The molecule has 33 heavy (non-hydrogen) atoms. The zero-order valence-corrected chi connectivity index (χ0v) is 18.2. The van der Waals surface area contributed by atoms with Crippen molar-refractivity contribution in [3.05, 3.63) is 99.9 Å². The number of halogens is 1. The highest BCUT2D eigenvalue weighted by molar-refractivity contribution is 8.07. The molecule has 1 heterocycles. The van der Waals surface area contributed by atoms with Crippen molar-refractivity contribution in [3.8, 4) is 21.9 Å². The van der Waals surface area contributed by atoms with Gasteiger partial charge in [-0.25, -0.2) is 17.8 Å². The molecule has 4 aromatic rings. The number of carbonyl (C=O) groups is 1. The Morgan fingerprint density at radius 2 is 1.67 bits per heavy atom. The molecule has 0 aliphatic rings. The van der Waals surface area contributed by atoms with Crippen molar-refractivity contribution < 1.29 is 27.3 Å². The summed E-state index contributed by atoms with van der Waals surface area (Å²) < 4.78 is 44.3. The molecule has 11 heteroatoms. The van der Waals surface area contributed by atoms with Gasteiger partial charge in [-0.05, 0) is 48.5 Å². The third kappa shape index (κ3) is 4.64. The van der Waals surface area contributed by atoms with Gasteiger partial charge < -0.3 is 4.74 Å². The zero-order chi connectivity index (χ0) is 23.6. The Bertz CT molecular complexity index is 1450. The van der Waals surface area contributed by atoms with E-state index in [2.05, 4.69) is 4.98 Å². The van der Waals surface area contributed by atoms with Crippen LogP contribution in [0.15, 0.2) is 83.9 Å². The highest BCUT2D eigenvalue weighted by atomic mass is 32.2. The summed E-state index contributed by atoms with van der Waals surface area (Å²) in [6, 6.07) is 16.3. The number of sulfone groups is 1. The molecule has 0 aliphatic heterocycles. The first-order chi connectivity index (χ1) is 15.8. The Hall–Kier alpha value is -3.96. The van der Waals surface area contributed by atoms with Gasteiger partial charge in [-0.15, -0.1) is 11.3 Å². The van der Waals surface area contributed by atoms with E-state index in [9.17, 15) is 27.7 Å². The highest BCUT2D eigenvalue weighted by Crippen LogP contribution is 2.37. The second-order valence-electron chi connectivity index (χ2n) is 6.62. The average Bonchev–Trinajstić information content (AvgIpc) is 3.30. The van der Waals surface area contributed by atoms with Crippen molar-refractivity contribution in [3.63, 3.8) is 0 Å². The number of para-hydroxylation sites is 1. The number of nitro benzene ring substituents is 1. The van der Waals surface area contributed by atoms with E-state index in [-0.39, 0.29) is 15.6 Å². The summed E-state index contributed by atoms with van der Waals surface area (Å²) in [5.41, 5.74) is 0.266. The minimum absolute atomic E-state index is 0.264. The van der Waals surface area contributed by atoms with Crippen LogP contribution >= 0.6 is 11.3 Å². The highest BCUT2D eigenvalue weighted by Gasteiger charge is 2.30. The van der Waals surface area contributed by atoms with Gasteiger partial charge in [-0.2, -0.15) is 0 Å². The summed E-state index contributed by atoms with van der Waals surface area (Å²) >= 11 is 0.863. The number of benzene rings is 3. The minimum atomic E-state index is -4.45. The largest absolute Gasteiger partial charge is 0.457 e. The second kappa shape index (κ2) is 8.88. The van der Waals surface area contributed by atoms with Crippen molar-refractivity contribution in [2.75, 3.05) is 0 Å². The standard InChI is InChI=1S/C22H13FN2O6S2/c23-14-5-9-16(10-6-14)31-19-4-2-1-3-18(19)20-13-24-21(32-20)22(26)33(29,30)17-11-7-15(8-12-17)25(27)28/h1-13H. The fourth-order valence-corrected chi connectivity index (χ4v) is 5.08. The van der Waals surface area contributed by atoms with E-state index in [0.717, 1.165) is 35.6 Å². The van der Waals surface area contributed by atoms with Gasteiger partial charge in [0.05, 0.1) is 14.7 Å². The van der Waals surface area contributed by atoms with Crippen LogP contribution < -0.4 is 4.74 Å². The number of non-ortho nitro benzene ring substituents is 1. The van der Waals surface area contributed by atoms with E-state index in [4.69, 9.17) is 4.74 Å². The smallest absolute Gasteiger partial charge is 0.309 e. The van der Waals surface area contributed by atoms with Crippen LogP contribution in [0.1, 0.15) is 9.80 Å². The summed E-state index contributed by atoms with van der Waals surface area (Å²) in [5.74, 6) is 0.394. The van der Waals surface area contributed by atoms with E-state index >= 15 is 0 Å². The fraction of sp³-hybridized carbons (Fsp3) is 0. The molecule has 8 nitrogen and oxygen atoms in total. The SMILES string of the molecule is O=C(c1ncc(-c2ccccc2Oc2ccc(F)cc2)s1)S(=O)(=O)c1ccc([N+](=O)[O-])cc1. The number of hydrogen-bond acceptors (Lipinski definition) is 8. The molecule has 166 valence electrons. The summed E-state index contributed by atoms with van der Waals surface area (Å²) in [6.07, 6.45) is 1.36. The third-order valence-corrected chi connectivity index (χ3v) is 7.21. The van der Waals surface area contributed by atoms with Gasteiger partial charge >= 0.3 is 5.12 Å². The van der Waals surface area contributed by atoms with Gasteiger partial charge in [0.25, 0.3) is 5.69 Å². The lowest BCUT2D eigenvalue weighted by molar-refractivity contribution is -0.384. The van der Waals surface area contributed by atoms with Gasteiger partial charge in [0.2, 0.25) is 9.84 Å². The van der Waals surface area contributed by atoms with Gasteiger partial charge in [0, 0.05) is 23.9 Å². The number of aromatic nitrogens is 1. The summed E-state index contributed by atoms with van der Waals surface area (Å²) in [4.78, 5) is 26.9. The Morgan fingerprint density at radius 3 is 2.33 bits per heavy atom. The first-order valence-corrected chi connectivity index (χ1v) is 11.6. The second-order valence-corrected chi connectivity index (χ2v) is 9.50. The molecular weight excluding hydrogens is 471 g/mol. The first-order valence-electron chi connectivity index (χ1n) is 9.28. The normalized spacial score (nSPS) is 11.2. The van der Waals surface area contributed by atoms with E-state index in [1.807, 2.05) is 0 Å². The molecule has 0 N–H and O–H groups in total. The number of nitrogens with zero attached hydrogens (tertiary/aromatic N) is 2. The predicted octanol–water partition coefficient (Wildman–Crippen LogP) is 5.26. The molecular formula is C22H13FN2O6S2.